The van der Waals surface area contributed by atoms with E-state index < -0.39 is 0 Å². The third kappa shape index (κ3) is 2.61. The van der Waals surface area contributed by atoms with Gasteiger partial charge in [0, 0.05) is 21.5 Å². The van der Waals surface area contributed by atoms with Gasteiger partial charge in [0.2, 0.25) is 0 Å². The highest BCUT2D eigenvalue weighted by Crippen LogP contribution is 2.39. The van der Waals surface area contributed by atoms with Crippen LogP contribution in [0.25, 0.3) is 43.6 Å². The summed E-state index contributed by atoms with van der Waals surface area (Å²) in [5.41, 5.74) is 6.24. The maximum absolute atomic E-state index is 2.51. The molecule has 0 saturated carbocycles. The average Bonchev–Trinajstić information content (AvgIpc) is 3.39. The molecule has 0 amide bonds. The Balaban J connectivity index is 1.70. The molecule has 5 aromatic carbocycles. The molecule has 0 fully saturated rings. The van der Waals surface area contributed by atoms with Crippen LogP contribution in [0.1, 0.15) is 11.7 Å². The van der Waals surface area contributed by atoms with Crippen molar-refractivity contribution >= 4 is 43.6 Å². The van der Waals surface area contributed by atoms with Crippen molar-refractivity contribution < 1.29 is 0 Å². The Morgan fingerprint density at radius 2 is 0.636 bits per heavy atom. The van der Waals surface area contributed by atoms with E-state index >= 15 is 0 Å². The number of hydrogen-bond acceptors (Lipinski definition) is 0. The Bertz CT molecular complexity index is 1550. The number of aromatic nitrogens is 2. The molecular weight excluding hydrogens is 400 g/mol. The molecule has 0 unspecified atom stereocenters. The monoisotopic (exact) mass is 422 g/mol. The molecular formula is C31H22N2. The van der Waals surface area contributed by atoms with Crippen molar-refractivity contribution in [2.45, 2.75) is 6.17 Å². The Kier molecular flexibility index (Phi) is 3.94. The molecule has 2 aromatic heterocycles. The van der Waals surface area contributed by atoms with E-state index in [1.54, 1.807) is 0 Å². The fourth-order valence-electron chi connectivity index (χ4n) is 5.47. The lowest BCUT2D eigenvalue weighted by Gasteiger charge is -2.26. The van der Waals surface area contributed by atoms with E-state index in [9.17, 15) is 0 Å². The number of rotatable bonds is 3. The molecule has 2 heteroatoms. The zero-order valence-corrected chi connectivity index (χ0v) is 18.1. The first-order chi connectivity index (χ1) is 16.4. The summed E-state index contributed by atoms with van der Waals surface area (Å²) >= 11 is 0. The Morgan fingerprint density at radius 3 is 1.00 bits per heavy atom. The number of para-hydroxylation sites is 4. The van der Waals surface area contributed by atoms with Crippen molar-refractivity contribution in [2.75, 3.05) is 0 Å². The van der Waals surface area contributed by atoms with Gasteiger partial charge in [-0.2, -0.15) is 0 Å². The van der Waals surface area contributed by atoms with Crippen LogP contribution in [0.2, 0.25) is 0 Å². The summed E-state index contributed by atoms with van der Waals surface area (Å²) in [6.07, 6.45) is -0.0270. The minimum absolute atomic E-state index is 0.0270. The molecule has 7 aromatic rings. The molecule has 0 saturated heterocycles. The first kappa shape index (κ1) is 18.3. The topological polar surface area (TPSA) is 9.86 Å². The predicted molar refractivity (Wildman–Crippen MR) is 139 cm³/mol. The lowest BCUT2D eigenvalue weighted by molar-refractivity contribution is 0.562. The van der Waals surface area contributed by atoms with E-state index in [0.29, 0.717) is 0 Å². The Hall–Kier alpha value is -4.30. The molecule has 0 bridgehead atoms. The smallest absolute Gasteiger partial charge is 0.137 e. The van der Waals surface area contributed by atoms with Gasteiger partial charge in [-0.3, -0.25) is 0 Å². The zero-order valence-electron chi connectivity index (χ0n) is 18.1. The molecule has 156 valence electrons. The van der Waals surface area contributed by atoms with E-state index in [0.717, 1.165) is 0 Å². The van der Waals surface area contributed by atoms with Gasteiger partial charge in [0.05, 0.1) is 22.1 Å². The van der Waals surface area contributed by atoms with Gasteiger partial charge in [0.25, 0.3) is 0 Å². The van der Waals surface area contributed by atoms with Gasteiger partial charge in [-0.25, -0.2) is 0 Å². The minimum atomic E-state index is -0.0270. The van der Waals surface area contributed by atoms with Crippen LogP contribution in [-0.4, -0.2) is 9.13 Å². The average molecular weight is 423 g/mol. The summed E-state index contributed by atoms with van der Waals surface area (Å²) in [6, 6.07) is 45.9. The first-order valence-corrected chi connectivity index (χ1v) is 11.4. The fourth-order valence-corrected chi connectivity index (χ4v) is 5.47. The lowest BCUT2D eigenvalue weighted by Crippen LogP contribution is -2.19. The standard InChI is InChI=1S/C31H22N2/c1-2-12-22(13-3-1)31(32-27-18-8-4-14-23(27)24-15-5-9-19-28(24)32)33-29-20-10-6-16-25(29)26-17-7-11-21-30(26)33/h1-21,31H. The summed E-state index contributed by atoms with van der Waals surface area (Å²) in [5, 5.41) is 5.15. The highest BCUT2D eigenvalue weighted by Gasteiger charge is 2.24. The summed E-state index contributed by atoms with van der Waals surface area (Å²) < 4.78 is 5.03. The van der Waals surface area contributed by atoms with Gasteiger partial charge >= 0.3 is 0 Å². The maximum Gasteiger partial charge on any atom is 0.137 e. The van der Waals surface area contributed by atoms with E-state index in [1.807, 2.05) is 0 Å². The molecule has 0 N–H and O–H groups in total. The van der Waals surface area contributed by atoms with E-state index in [1.165, 1.54) is 49.2 Å². The highest BCUT2D eigenvalue weighted by molar-refractivity contribution is 6.10. The third-order valence-corrected chi connectivity index (χ3v) is 6.82. The Morgan fingerprint density at radius 1 is 0.333 bits per heavy atom. The minimum Gasteiger partial charge on any atom is -0.315 e. The van der Waals surface area contributed by atoms with Crippen molar-refractivity contribution in [3.8, 4) is 0 Å². The highest BCUT2D eigenvalue weighted by atomic mass is 15.2. The predicted octanol–water partition coefficient (Wildman–Crippen LogP) is 8.00. The fraction of sp³-hybridized carbons (Fsp3) is 0.0323. The third-order valence-electron chi connectivity index (χ3n) is 6.82. The van der Waals surface area contributed by atoms with Gasteiger partial charge in [0.1, 0.15) is 6.17 Å². The second-order valence-corrected chi connectivity index (χ2v) is 8.59. The van der Waals surface area contributed by atoms with Gasteiger partial charge in [-0.05, 0) is 29.8 Å². The summed E-state index contributed by atoms with van der Waals surface area (Å²) in [4.78, 5) is 0. The summed E-state index contributed by atoms with van der Waals surface area (Å²) in [6.45, 7) is 0. The van der Waals surface area contributed by atoms with Gasteiger partial charge < -0.3 is 9.13 Å². The second kappa shape index (κ2) is 7.11. The van der Waals surface area contributed by atoms with Crippen molar-refractivity contribution in [1.82, 2.24) is 9.13 Å². The molecule has 0 spiro atoms. The van der Waals surface area contributed by atoms with Crippen LogP contribution in [0.5, 0.6) is 0 Å². The molecule has 0 aliphatic rings. The number of benzene rings is 5. The quantitative estimate of drug-likeness (QED) is 0.273. The van der Waals surface area contributed by atoms with Gasteiger partial charge in [0.15, 0.2) is 0 Å². The molecule has 33 heavy (non-hydrogen) atoms. The van der Waals surface area contributed by atoms with Gasteiger partial charge in [-0.1, -0.05) is 103 Å². The summed E-state index contributed by atoms with van der Waals surface area (Å²) in [7, 11) is 0. The van der Waals surface area contributed by atoms with Crippen molar-refractivity contribution in [1.29, 1.82) is 0 Å². The van der Waals surface area contributed by atoms with Crippen molar-refractivity contribution in [3.63, 3.8) is 0 Å². The van der Waals surface area contributed by atoms with Crippen LogP contribution < -0.4 is 0 Å². The van der Waals surface area contributed by atoms with E-state index in [2.05, 4.69) is 137 Å². The normalized spacial score (nSPS) is 11.9. The van der Waals surface area contributed by atoms with Crippen LogP contribution in [0.15, 0.2) is 127 Å². The number of nitrogens with zero attached hydrogens (tertiary/aromatic N) is 2. The molecule has 2 nitrogen and oxygen atoms in total. The maximum atomic E-state index is 2.51. The number of fused-ring (bicyclic) bond motifs is 6. The second-order valence-electron chi connectivity index (χ2n) is 8.59. The molecule has 0 aliphatic heterocycles. The largest absolute Gasteiger partial charge is 0.315 e. The van der Waals surface area contributed by atoms with Crippen LogP contribution in [-0.2, 0) is 0 Å². The molecule has 0 radical (unpaired) electrons. The van der Waals surface area contributed by atoms with Crippen molar-refractivity contribution in [3.05, 3.63) is 133 Å². The SMILES string of the molecule is c1ccc(C(n2c3ccccc3c3ccccc32)n2c3ccccc3c3ccccc32)cc1. The molecule has 7 rings (SSSR count). The van der Waals surface area contributed by atoms with Gasteiger partial charge in [-0.15, -0.1) is 0 Å². The lowest BCUT2D eigenvalue weighted by atomic mass is 10.1. The van der Waals surface area contributed by atoms with Crippen LogP contribution in [0, 0.1) is 0 Å². The summed E-state index contributed by atoms with van der Waals surface area (Å²) in [5.74, 6) is 0. The zero-order chi connectivity index (χ0) is 21.8. The first-order valence-electron chi connectivity index (χ1n) is 11.4. The van der Waals surface area contributed by atoms with E-state index in [4.69, 9.17) is 0 Å². The van der Waals surface area contributed by atoms with Crippen LogP contribution >= 0.6 is 0 Å². The number of hydrogen-bond donors (Lipinski definition) is 0. The van der Waals surface area contributed by atoms with Crippen LogP contribution in [0.4, 0.5) is 0 Å². The van der Waals surface area contributed by atoms with Crippen molar-refractivity contribution in [2.24, 2.45) is 0 Å². The molecule has 0 atom stereocenters. The van der Waals surface area contributed by atoms with Crippen LogP contribution in [0.3, 0.4) is 0 Å². The molecule has 2 heterocycles. The molecule has 0 aliphatic carbocycles. The van der Waals surface area contributed by atoms with E-state index in [-0.39, 0.29) is 6.17 Å². The Labute approximate surface area is 191 Å².